The van der Waals surface area contributed by atoms with Gasteiger partial charge in [-0.3, -0.25) is 4.79 Å². The molecule has 4 nitrogen and oxygen atoms in total. The maximum atomic E-state index is 10.5. The summed E-state index contributed by atoms with van der Waals surface area (Å²) >= 11 is 0. The molecule has 0 bridgehead atoms. The maximum Gasteiger partial charge on any atom is 0.394 e. The highest BCUT2D eigenvalue weighted by atomic mass is 16.4. The number of carbonyl (C=O) groups is 2. The van der Waals surface area contributed by atoms with Gasteiger partial charge in [0.25, 0.3) is 0 Å². The summed E-state index contributed by atoms with van der Waals surface area (Å²) in [6.45, 7) is 4.73. The van der Waals surface area contributed by atoms with Crippen molar-refractivity contribution in [3.8, 4) is 0 Å². The van der Waals surface area contributed by atoms with Gasteiger partial charge in [0.15, 0.2) is 0 Å². The predicted molar refractivity (Wildman–Crippen MR) is 49.3 cm³/mol. The lowest BCUT2D eigenvalue weighted by molar-refractivity contribution is -0.150. The van der Waals surface area contributed by atoms with Crippen molar-refractivity contribution in [3.63, 3.8) is 0 Å². The molecule has 13 heavy (non-hydrogen) atoms. The number of nitrogens with one attached hydrogen (secondary N) is 1. The van der Waals surface area contributed by atoms with Gasteiger partial charge in [0.2, 0.25) is 0 Å². The molecule has 0 aliphatic carbocycles. The van der Waals surface area contributed by atoms with Crippen LogP contribution in [0.3, 0.4) is 0 Å². The molecule has 0 radical (unpaired) electrons. The molecule has 0 saturated heterocycles. The third-order valence-electron chi connectivity index (χ3n) is 1.69. The Hall–Kier alpha value is -1.06. The fraction of sp³-hybridized carbons (Fsp3) is 0.778. The van der Waals surface area contributed by atoms with Crippen LogP contribution in [0, 0.1) is 5.92 Å². The van der Waals surface area contributed by atoms with Crippen LogP contribution in [0.5, 0.6) is 0 Å². The Kier molecular flexibility index (Phi) is 5.93. The lowest BCUT2D eigenvalue weighted by Gasteiger charge is -2.04. The molecule has 0 aromatic heterocycles. The Labute approximate surface area is 78.3 Å². The van der Waals surface area contributed by atoms with Gasteiger partial charge >= 0.3 is 11.9 Å². The first kappa shape index (κ1) is 11.9. The molecule has 0 atom stereocenters. The van der Waals surface area contributed by atoms with Crippen molar-refractivity contribution >= 4 is 11.9 Å². The lowest BCUT2D eigenvalue weighted by Crippen LogP contribution is -2.31. The highest BCUT2D eigenvalue weighted by Gasteiger charge is 2.08. The van der Waals surface area contributed by atoms with Gasteiger partial charge < -0.3 is 10.4 Å². The molecule has 0 spiro atoms. The maximum absolute atomic E-state index is 10.5. The van der Waals surface area contributed by atoms with Gasteiger partial charge in [-0.25, -0.2) is 4.79 Å². The van der Waals surface area contributed by atoms with E-state index in [2.05, 4.69) is 19.2 Å². The predicted octanol–water partition coefficient (Wildman–Crippen LogP) is 1.01. The zero-order valence-corrected chi connectivity index (χ0v) is 8.17. The average Bonchev–Trinajstić information content (AvgIpc) is 2.02. The third kappa shape index (κ3) is 7.31. The second-order valence-corrected chi connectivity index (χ2v) is 3.45. The number of hydrogen-bond donors (Lipinski definition) is 2. The van der Waals surface area contributed by atoms with Gasteiger partial charge in [-0.15, -0.1) is 0 Å². The standard InChI is InChI=1S/C9H17NO3/c1-7(2)5-3-4-6-10-8(11)9(12)13/h7H,3-6H2,1-2H3,(H,10,11)(H,12,13). The molecule has 0 aromatic carbocycles. The van der Waals surface area contributed by atoms with E-state index in [0.29, 0.717) is 12.5 Å². The van der Waals surface area contributed by atoms with Crippen LogP contribution in [0.1, 0.15) is 33.1 Å². The molecule has 2 N–H and O–H groups in total. The van der Waals surface area contributed by atoms with E-state index in [9.17, 15) is 9.59 Å². The monoisotopic (exact) mass is 187 g/mol. The van der Waals surface area contributed by atoms with Crippen LogP contribution in [-0.2, 0) is 9.59 Å². The van der Waals surface area contributed by atoms with Crippen LogP contribution in [-0.4, -0.2) is 23.5 Å². The zero-order chi connectivity index (χ0) is 10.3. The fourth-order valence-corrected chi connectivity index (χ4v) is 0.955. The summed E-state index contributed by atoms with van der Waals surface area (Å²) in [6.07, 6.45) is 2.98. The molecular weight excluding hydrogens is 170 g/mol. The fourth-order valence-electron chi connectivity index (χ4n) is 0.955. The zero-order valence-electron chi connectivity index (χ0n) is 8.17. The molecule has 1 amide bonds. The smallest absolute Gasteiger partial charge is 0.394 e. The van der Waals surface area contributed by atoms with Gasteiger partial charge in [0.05, 0.1) is 0 Å². The second kappa shape index (κ2) is 6.46. The molecule has 0 saturated carbocycles. The summed E-state index contributed by atoms with van der Waals surface area (Å²) in [5.74, 6) is -1.66. The Balaban J connectivity index is 3.26. The van der Waals surface area contributed by atoms with Crippen molar-refractivity contribution in [3.05, 3.63) is 0 Å². The normalized spacial score (nSPS) is 10.1. The Bertz CT molecular complexity index is 178. The molecule has 76 valence electrons. The summed E-state index contributed by atoms with van der Waals surface area (Å²) in [5, 5.41) is 10.5. The minimum Gasteiger partial charge on any atom is -0.474 e. The van der Waals surface area contributed by atoms with E-state index in [0.717, 1.165) is 19.3 Å². The summed E-state index contributed by atoms with van der Waals surface area (Å²) in [6, 6.07) is 0. The first-order valence-electron chi connectivity index (χ1n) is 4.55. The van der Waals surface area contributed by atoms with Gasteiger partial charge in [0.1, 0.15) is 0 Å². The lowest BCUT2D eigenvalue weighted by atomic mass is 10.1. The van der Waals surface area contributed by atoms with Crippen LogP contribution in [0.4, 0.5) is 0 Å². The SMILES string of the molecule is CC(C)CCCCNC(=O)C(=O)O. The Morgan fingerprint density at radius 1 is 1.31 bits per heavy atom. The van der Waals surface area contributed by atoms with E-state index in [1.165, 1.54) is 0 Å². The van der Waals surface area contributed by atoms with E-state index in [4.69, 9.17) is 5.11 Å². The quantitative estimate of drug-likeness (QED) is 0.498. The molecule has 0 aromatic rings. The molecule has 0 fully saturated rings. The summed E-state index contributed by atoms with van der Waals surface area (Å²) < 4.78 is 0. The first-order valence-corrected chi connectivity index (χ1v) is 4.55. The van der Waals surface area contributed by atoms with Crippen molar-refractivity contribution in [2.45, 2.75) is 33.1 Å². The first-order chi connectivity index (χ1) is 6.04. The van der Waals surface area contributed by atoms with Crippen LogP contribution in [0.25, 0.3) is 0 Å². The van der Waals surface area contributed by atoms with E-state index in [1.807, 2.05) is 0 Å². The van der Waals surface area contributed by atoms with Crippen molar-refractivity contribution in [1.82, 2.24) is 5.32 Å². The summed E-state index contributed by atoms with van der Waals surface area (Å²) in [7, 11) is 0. The minimum atomic E-state index is -1.41. The van der Waals surface area contributed by atoms with Gasteiger partial charge in [-0.2, -0.15) is 0 Å². The van der Waals surface area contributed by atoms with Gasteiger partial charge in [-0.1, -0.05) is 26.7 Å². The molecule has 0 unspecified atom stereocenters. The Morgan fingerprint density at radius 2 is 1.92 bits per heavy atom. The van der Waals surface area contributed by atoms with Crippen LogP contribution < -0.4 is 5.32 Å². The number of amides is 1. The summed E-state index contributed by atoms with van der Waals surface area (Å²) in [4.78, 5) is 20.6. The molecule has 0 rings (SSSR count). The number of unbranched alkanes of at least 4 members (excludes halogenated alkanes) is 1. The largest absolute Gasteiger partial charge is 0.474 e. The van der Waals surface area contributed by atoms with E-state index in [-0.39, 0.29) is 0 Å². The van der Waals surface area contributed by atoms with E-state index in [1.54, 1.807) is 0 Å². The average molecular weight is 187 g/mol. The number of hydrogen-bond acceptors (Lipinski definition) is 2. The highest BCUT2D eigenvalue weighted by Crippen LogP contribution is 2.04. The van der Waals surface area contributed by atoms with Crippen molar-refractivity contribution < 1.29 is 14.7 Å². The summed E-state index contributed by atoms with van der Waals surface area (Å²) in [5.41, 5.74) is 0. The number of carbonyl (C=O) groups excluding carboxylic acids is 1. The molecule has 0 aliphatic rings. The number of carboxylic acids is 1. The Morgan fingerprint density at radius 3 is 2.38 bits per heavy atom. The van der Waals surface area contributed by atoms with Crippen LogP contribution in [0.15, 0.2) is 0 Å². The van der Waals surface area contributed by atoms with Crippen molar-refractivity contribution in [1.29, 1.82) is 0 Å². The molecular formula is C9H17NO3. The molecule has 0 heterocycles. The van der Waals surface area contributed by atoms with Crippen LogP contribution in [0.2, 0.25) is 0 Å². The van der Waals surface area contributed by atoms with Gasteiger partial charge in [0, 0.05) is 6.54 Å². The number of rotatable bonds is 5. The molecule has 0 aliphatic heterocycles. The number of aliphatic carboxylic acids is 1. The third-order valence-corrected chi connectivity index (χ3v) is 1.69. The van der Waals surface area contributed by atoms with Crippen molar-refractivity contribution in [2.24, 2.45) is 5.92 Å². The van der Waals surface area contributed by atoms with Crippen molar-refractivity contribution in [2.75, 3.05) is 6.54 Å². The van der Waals surface area contributed by atoms with E-state index >= 15 is 0 Å². The van der Waals surface area contributed by atoms with E-state index < -0.39 is 11.9 Å². The topological polar surface area (TPSA) is 66.4 Å². The second-order valence-electron chi connectivity index (χ2n) is 3.45. The van der Waals surface area contributed by atoms with Crippen LogP contribution >= 0.6 is 0 Å². The highest BCUT2D eigenvalue weighted by molar-refractivity contribution is 6.31. The number of carboxylic acid groups (broad SMARTS) is 1. The molecule has 4 heteroatoms. The minimum absolute atomic E-state index is 0.456. The van der Waals surface area contributed by atoms with Gasteiger partial charge in [-0.05, 0) is 12.3 Å².